The van der Waals surface area contributed by atoms with Gasteiger partial charge in [0.2, 0.25) is 11.8 Å². The molecule has 0 unspecified atom stereocenters. The smallest absolute Gasteiger partial charge is 0.348 e. The van der Waals surface area contributed by atoms with Gasteiger partial charge in [-0.2, -0.15) is 9.35 Å². The Hall–Kier alpha value is -5.26. The normalized spacial score (nSPS) is 16.0. The van der Waals surface area contributed by atoms with Crippen molar-refractivity contribution in [1.82, 2.24) is 29.3 Å². The molecule has 4 aromatic rings. The van der Waals surface area contributed by atoms with Gasteiger partial charge in [0.25, 0.3) is 0 Å². The highest BCUT2D eigenvalue weighted by Crippen LogP contribution is 2.33. The maximum absolute atomic E-state index is 12.8. The maximum Gasteiger partial charge on any atom is 0.348 e. The van der Waals surface area contributed by atoms with Crippen LogP contribution in [0.2, 0.25) is 0 Å². The molecule has 12 heteroatoms. The molecule has 0 saturated heterocycles. The molecule has 4 N–H and O–H groups in total. The summed E-state index contributed by atoms with van der Waals surface area (Å²) in [7, 11) is 0. The Kier molecular flexibility index (Phi) is 4.07. The van der Waals surface area contributed by atoms with Gasteiger partial charge in [0.1, 0.15) is 11.4 Å². The van der Waals surface area contributed by atoms with Crippen molar-refractivity contribution >= 4 is 47.1 Å². The number of aliphatic imine (C=N–C) groups is 2. The first-order chi connectivity index (χ1) is 16.5. The molecule has 0 fully saturated rings. The van der Waals surface area contributed by atoms with Crippen LogP contribution in [0.1, 0.15) is 22.8 Å². The molecule has 0 amide bonds. The Morgan fingerprint density at radius 2 is 1.18 bits per heavy atom. The fourth-order valence-corrected chi connectivity index (χ4v) is 3.87. The lowest BCUT2D eigenvalue weighted by atomic mass is 10.1. The van der Waals surface area contributed by atoms with Gasteiger partial charge < -0.3 is 10.2 Å². The molecule has 0 aromatic carbocycles. The minimum Gasteiger partial charge on any atom is -0.493 e. The molecule has 0 bridgehead atoms. The predicted octanol–water partition coefficient (Wildman–Crippen LogP) is 1.69. The van der Waals surface area contributed by atoms with E-state index in [1.807, 2.05) is 0 Å². The topological polar surface area (TPSA) is 167 Å². The summed E-state index contributed by atoms with van der Waals surface area (Å²) in [6, 6.07) is 7.03. The molecule has 0 saturated carbocycles. The molecular weight excluding hydrogens is 440 g/mol. The van der Waals surface area contributed by atoms with E-state index in [1.165, 1.54) is 24.6 Å². The molecule has 2 aliphatic heterocycles. The second-order valence-corrected chi connectivity index (χ2v) is 7.41. The van der Waals surface area contributed by atoms with E-state index in [-0.39, 0.29) is 11.4 Å². The van der Waals surface area contributed by atoms with E-state index in [9.17, 15) is 19.8 Å². The van der Waals surface area contributed by atoms with E-state index in [0.717, 1.165) is 9.35 Å². The van der Waals surface area contributed by atoms with Crippen molar-refractivity contribution in [3.63, 3.8) is 0 Å². The number of hydrogen-bond acceptors (Lipinski definition) is 8. The van der Waals surface area contributed by atoms with E-state index in [1.54, 1.807) is 36.7 Å². The molecule has 34 heavy (non-hydrogen) atoms. The Morgan fingerprint density at radius 3 is 1.62 bits per heavy atom. The molecule has 0 radical (unpaired) electrons. The Morgan fingerprint density at radius 1 is 0.735 bits per heavy atom. The van der Waals surface area contributed by atoms with Crippen molar-refractivity contribution < 1.29 is 10.2 Å². The van der Waals surface area contributed by atoms with Gasteiger partial charge in [-0.1, -0.05) is 0 Å². The standard InChI is InChI=1S/C22H14N8O4/c31-19-15(7-11-9-25-13-3-1-5-23-17(11)13)29(21(33)27-19)30-16(20(32)28-22(30)34)8-12-10-26-14-4-2-6-24-18(12)14/h1-10,31-32H,(H,27,33)(H,28,34). The van der Waals surface area contributed by atoms with E-state index < -0.39 is 23.1 Å². The number of nitrogens with one attached hydrogen (secondary N) is 2. The SMILES string of the molecule is O=c1[nH]c(O)c(C=C2C=Nc3cccnc32)n1-n1c(C=C2C=Nc3cccnc32)c(O)[nH]c1=O. The van der Waals surface area contributed by atoms with Crippen molar-refractivity contribution in [3.8, 4) is 11.8 Å². The second-order valence-electron chi connectivity index (χ2n) is 7.41. The van der Waals surface area contributed by atoms with Crippen LogP contribution in [0.25, 0.3) is 23.3 Å². The summed E-state index contributed by atoms with van der Waals surface area (Å²) in [6.07, 6.45) is 9.21. The van der Waals surface area contributed by atoms with Crippen LogP contribution >= 0.6 is 0 Å². The molecule has 0 spiro atoms. The van der Waals surface area contributed by atoms with Gasteiger partial charge in [-0.05, 0) is 36.4 Å². The minimum absolute atomic E-state index is 0.0377. The number of fused-ring (bicyclic) bond motifs is 2. The molecule has 166 valence electrons. The summed E-state index contributed by atoms with van der Waals surface area (Å²) in [5.41, 5.74) is 1.72. The Balaban J connectivity index is 1.55. The summed E-state index contributed by atoms with van der Waals surface area (Å²) in [5.74, 6) is -0.952. The molecule has 6 rings (SSSR count). The zero-order chi connectivity index (χ0) is 23.4. The average Bonchev–Trinajstić information content (AvgIpc) is 3.56. The number of rotatable bonds is 3. The molecule has 0 atom stereocenters. The largest absolute Gasteiger partial charge is 0.493 e. The number of allylic oxidation sites excluding steroid dienone is 2. The number of pyridine rings is 2. The summed E-state index contributed by atoms with van der Waals surface area (Å²) < 4.78 is 1.82. The van der Waals surface area contributed by atoms with Gasteiger partial charge in [-0.3, -0.25) is 29.9 Å². The first kappa shape index (κ1) is 19.4. The molecule has 12 nitrogen and oxygen atoms in total. The summed E-state index contributed by atoms with van der Waals surface area (Å²) >= 11 is 0. The van der Waals surface area contributed by atoms with Gasteiger partial charge in [-0.25, -0.2) is 9.59 Å². The third-order valence-electron chi connectivity index (χ3n) is 5.37. The van der Waals surface area contributed by atoms with E-state index in [2.05, 4.69) is 29.9 Å². The predicted molar refractivity (Wildman–Crippen MR) is 125 cm³/mol. The quantitative estimate of drug-likeness (QED) is 0.367. The third kappa shape index (κ3) is 2.86. The minimum atomic E-state index is -0.806. The van der Waals surface area contributed by atoms with E-state index in [0.29, 0.717) is 33.9 Å². The van der Waals surface area contributed by atoms with E-state index >= 15 is 0 Å². The van der Waals surface area contributed by atoms with Crippen LogP contribution in [0.3, 0.4) is 0 Å². The third-order valence-corrected chi connectivity index (χ3v) is 5.37. The first-order valence-electron chi connectivity index (χ1n) is 10.0. The molecule has 4 aromatic heterocycles. The van der Waals surface area contributed by atoms with Gasteiger partial charge in [0, 0.05) is 36.0 Å². The van der Waals surface area contributed by atoms with Gasteiger partial charge >= 0.3 is 11.4 Å². The molecule has 0 aliphatic carbocycles. The Labute approximate surface area is 189 Å². The number of hydrogen-bond donors (Lipinski definition) is 4. The van der Waals surface area contributed by atoms with Crippen molar-refractivity contribution in [3.05, 3.63) is 80.4 Å². The van der Waals surface area contributed by atoms with Crippen LogP contribution < -0.4 is 11.4 Å². The second kappa shape index (κ2) is 7.13. The van der Waals surface area contributed by atoms with Gasteiger partial charge in [-0.15, -0.1) is 0 Å². The number of aromatic nitrogens is 6. The van der Waals surface area contributed by atoms with Crippen molar-refractivity contribution in [2.45, 2.75) is 0 Å². The van der Waals surface area contributed by atoms with Crippen LogP contribution in [-0.2, 0) is 0 Å². The number of nitrogens with zero attached hydrogens (tertiary/aromatic N) is 6. The first-order valence-corrected chi connectivity index (χ1v) is 10.0. The fourth-order valence-electron chi connectivity index (χ4n) is 3.87. The number of imidazole rings is 2. The fraction of sp³-hybridized carbons (Fsp3) is 0. The van der Waals surface area contributed by atoms with Crippen LogP contribution in [-0.4, -0.2) is 51.9 Å². The number of aromatic amines is 2. The number of aromatic hydroxyl groups is 2. The van der Waals surface area contributed by atoms with Crippen LogP contribution in [0.5, 0.6) is 11.8 Å². The number of H-pyrrole nitrogens is 2. The Bertz CT molecular complexity index is 1600. The lowest BCUT2D eigenvalue weighted by Gasteiger charge is -2.08. The average molecular weight is 454 g/mol. The zero-order valence-electron chi connectivity index (χ0n) is 17.2. The van der Waals surface area contributed by atoms with Crippen LogP contribution in [0, 0.1) is 0 Å². The van der Waals surface area contributed by atoms with Crippen LogP contribution in [0.4, 0.5) is 11.4 Å². The lowest BCUT2D eigenvalue weighted by Crippen LogP contribution is -2.33. The van der Waals surface area contributed by atoms with Crippen molar-refractivity contribution in [1.29, 1.82) is 0 Å². The van der Waals surface area contributed by atoms with Crippen LogP contribution in [0.15, 0.2) is 56.2 Å². The summed E-state index contributed by atoms with van der Waals surface area (Å²) in [4.78, 5) is 47.2. The molecular formula is C22H14N8O4. The van der Waals surface area contributed by atoms with Crippen molar-refractivity contribution in [2.24, 2.45) is 9.98 Å². The molecule has 6 heterocycles. The van der Waals surface area contributed by atoms with E-state index in [4.69, 9.17) is 0 Å². The van der Waals surface area contributed by atoms with Crippen molar-refractivity contribution in [2.75, 3.05) is 0 Å². The highest BCUT2D eigenvalue weighted by Gasteiger charge is 2.24. The highest BCUT2D eigenvalue weighted by molar-refractivity contribution is 6.21. The highest BCUT2D eigenvalue weighted by atomic mass is 16.3. The monoisotopic (exact) mass is 454 g/mol. The summed E-state index contributed by atoms with van der Waals surface area (Å²) in [5, 5.41) is 20.9. The van der Waals surface area contributed by atoms with Gasteiger partial charge in [0.15, 0.2) is 0 Å². The maximum atomic E-state index is 12.8. The zero-order valence-corrected chi connectivity index (χ0v) is 17.2. The molecule has 2 aliphatic rings. The lowest BCUT2D eigenvalue weighted by molar-refractivity contribution is 0.450. The summed E-state index contributed by atoms with van der Waals surface area (Å²) in [6.45, 7) is 0. The van der Waals surface area contributed by atoms with Gasteiger partial charge in [0.05, 0.1) is 22.8 Å².